The zero-order chi connectivity index (χ0) is 26.8. The molecule has 0 aliphatic carbocycles. The van der Waals surface area contributed by atoms with E-state index >= 15 is 0 Å². The molecule has 0 aliphatic rings. The lowest BCUT2D eigenvalue weighted by molar-refractivity contribution is -0.446. The summed E-state index contributed by atoms with van der Waals surface area (Å²) in [4.78, 5) is 11.1. The molecular weight excluding hydrogens is 526 g/mol. The van der Waals surface area contributed by atoms with E-state index in [9.17, 15) is 75.0 Å². The van der Waals surface area contributed by atoms with Gasteiger partial charge in [0.25, 0.3) is 5.91 Å². The summed E-state index contributed by atoms with van der Waals surface area (Å²) in [6, 6.07) is 0. The second-order valence-corrected chi connectivity index (χ2v) is 7.70. The van der Waals surface area contributed by atoms with Crippen LogP contribution in [0.2, 0.25) is 0 Å². The standard InChI is InChI=1S/C13H10ClF16NO/c1-5(2,3)31-4(32)6(15,16)7(17,18)8(19,20)9(21,22)10(23,24)11(25,26)12(27,28)13(14,29)30/h1-3H3,(H,31,32). The summed E-state index contributed by atoms with van der Waals surface area (Å²) in [6.07, 6.45) is 0. The molecule has 19 heteroatoms. The summed E-state index contributed by atoms with van der Waals surface area (Å²) in [5, 5.41) is -5.96. The average Bonchev–Trinajstić information content (AvgIpc) is 2.50. The first-order valence-electron chi connectivity index (χ1n) is 7.42. The number of halogens is 17. The smallest absolute Gasteiger partial charge is 0.346 e. The normalized spacial score (nSPS) is 16.2. The number of rotatable bonds is 8. The van der Waals surface area contributed by atoms with E-state index in [1.54, 1.807) is 0 Å². The molecule has 0 radical (unpaired) electrons. The number of nitrogens with one attached hydrogen (secondary N) is 1. The maximum Gasteiger partial charge on any atom is 0.393 e. The molecule has 0 saturated heterocycles. The first-order valence-corrected chi connectivity index (χ1v) is 7.79. The molecule has 0 saturated carbocycles. The minimum Gasteiger partial charge on any atom is -0.346 e. The summed E-state index contributed by atoms with van der Waals surface area (Å²) in [6.45, 7) is 2.28. The Kier molecular flexibility index (Phi) is 7.26. The van der Waals surface area contributed by atoms with E-state index in [2.05, 4.69) is 11.6 Å². The molecule has 1 N–H and O–H groups in total. The van der Waals surface area contributed by atoms with Gasteiger partial charge in [-0.1, -0.05) is 0 Å². The van der Waals surface area contributed by atoms with Crippen molar-refractivity contribution in [3.8, 4) is 0 Å². The van der Waals surface area contributed by atoms with Crippen molar-refractivity contribution in [2.24, 2.45) is 0 Å². The Morgan fingerprint density at radius 3 is 1.03 bits per heavy atom. The maximum atomic E-state index is 13.6. The van der Waals surface area contributed by atoms with Crippen LogP contribution in [-0.2, 0) is 4.79 Å². The molecule has 1 amide bonds. The van der Waals surface area contributed by atoms with Crippen LogP contribution in [-0.4, -0.2) is 58.3 Å². The monoisotopic (exact) mass is 535 g/mol. The molecule has 32 heavy (non-hydrogen) atoms. The Bertz CT molecular complexity index is 720. The largest absolute Gasteiger partial charge is 0.393 e. The Morgan fingerprint density at radius 2 is 0.781 bits per heavy atom. The van der Waals surface area contributed by atoms with Gasteiger partial charge in [-0.3, -0.25) is 4.79 Å². The summed E-state index contributed by atoms with van der Waals surface area (Å²) in [5.74, 6) is -60.2. The SMILES string of the molecule is CC(C)(C)NC(=O)C(F)(F)C(F)(F)C(F)(F)C(F)(F)C(F)(F)C(F)(F)C(F)(F)C(F)(F)Cl. The molecule has 0 aromatic rings. The Morgan fingerprint density at radius 1 is 0.531 bits per heavy atom. The van der Waals surface area contributed by atoms with Crippen LogP contribution in [0.4, 0.5) is 70.2 Å². The van der Waals surface area contributed by atoms with Crippen molar-refractivity contribution < 1.29 is 75.0 Å². The van der Waals surface area contributed by atoms with Gasteiger partial charge in [-0.2, -0.15) is 70.2 Å². The average molecular weight is 536 g/mol. The second kappa shape index (κ2) is 7.58. The third-order valence-electron chi connectivity index (χ3n) is 3.50. The van der Waals surface area contributed by atoms with Crippen molar-refractivity contribution in [3.05, 3.63) is 0 Å². The Labute approximate surface area is 172 Å². The van der Waals surface area contributed by atoms with Crippen molar-refractivity contribution in [2.45, 2.75) is 73.1 Å². The predicted octanol–water partition coefficient (Wildman–Crippen LogP) is 6.18. The number of hydrogen-bond acceptors (Lipinski definition) is 1. The third kappa shape index (κ3) is 4.15. The van der Waals surface area contributed by atoms with Crippen LogP contribution in [0.3, 0.4) is 0 Å². The van der Waals surface area contributed by atoms with Crippen LogP contribution in [0, 0.1) is 0 Å². The second-order valence-electron chi connectivity index (χ2n) is 7.22. The first kappa shape index (κ1) is 30.6. The van der Waals surface area contributed by atoms with Gasteiger partial charge in [-0.05, 0) is 32.4 Å². The predicted molar refractivity (Wildman–Crippen MR) is 73.3 cm³/mol. The van der Waals surface area contributed by atoms with E-state index in [0.29, 0.717) is 0 Å². The lowest BCUT2D eigenvalue weighted by Crippen LogP contribution is -2.75. The highest BCUT2D eigenvalue weighted by atomic mass is 35.5. The van der Waals surface area contributed by atoms with Crippen molar-refractivity contribution >= 4 is 17.5 Å². The van der Waals surface area contributed by atoms with Crippen molar-refractivity contribution in [1.82, 2.24) is 5.32 Å². The van der Waals surface area contributed by atoms with Crippen molar-refractivity contribution in [1.29, 1.82) is 0 Å². The number of carbonyl (C=O) groups excluding carboxylic acids is 1. The molecule has 0 aliphatic heterocycles. The van der Waals surface area contributed by atoms with E-state index in [1.165, 1.54) is 0 Å². The molecule has 0 bridgehead atoms. The van der Waals surface area contributed by atoms with Gasteiger partial charge < -0.3 is 5.32 Å². The summed E-state index contributed by atoms with van der Waals surface area (Å²) in [7, 11) is 0. The molecule has 0 atom stereocenters. The Balaban J connectivity index is 6.75. The minimum absolute atomic E-state index is 0.759. The fraction of sp³-hybridized carbons (Fsp3) is 0.923. The Hall–Kier alpha value is -1.36. The number of alkyl halides is 17. The van der Waals surface area contributed by atoms with Crippen LogP contribution < -0.4 is 5.32 Å². The van der Waals surface area contributed by atoms with E-state index in [4.69, 9.17) is 0 Å². The van der Waals surface area contributed by atoms with Gasteiger partial charge in [0.2, 0.25) is 0 Å². The highest BCUT2D eigenvalue weighted by Crippen LogP contribution is 2.64. The highest BCUT2D eigenvalue weighted by molar-refractivity contribution is 6.22. The van der Waals surface area contributed by atoms with Crippen LogP contribution >= 0.6 is 11.6 Å². The zero-order valence-electron chi connectivity index (χ0n) is 15.3. The number of hydrogen-bond donors (Lipinski definition) is 1. The molecule has 0 aromatic heterocycles. The van der Waals surface area contributed by atoms with Gasteiger partial charge in [-0.25, -0.2) is 0 Å². The molecule has 192 valence electrons. The summed E-state index contributed by atoms with van der Waals surface area (Å²) >= 11 is 3.40. The molecular formula is C13H10ClF16NO. The van der Waals surface area contributed by atoms with Gasteiger partial charge >= 0.3 is 46.8 Å². The molecule has 0 unspecified atom stereocenters. The maximum absolute atomic E-state index is 13.6. The third-order valence-corrected chi connectivity index (χ3v) is 3.73. The van der Waals surface area contributed by atoms with Gasteiger partial charge in [0.15, 0.2) is 0 Å². The molecule has 0 heterocycles. The number of carbonyl (C=O) groups is 1. The van der Waals surface area contributed by atoms with Crippen LogP contribution in [0.1, 0.15) is 20.8 Å². The topological polar surface area (TPSA) is 29.1 Å². The summed E-state index contributed by atoms with van der Waals surface area (Å²) in [5.41, 5.74) is -1.96. The minimum atomic E-state index is -8.59. The fourth-order valence-corrected chi connectivity index (χ4v) is 1.84. The molecule has 0 spiro atoms. The van der Waals surface area contributed by atoms with Crippen molar-refractivity contribution in [3.63, 3.8) is 0 Å². The lowest BCUT2D eigenvalue weighted by atomic mass is 9.88. The lowest BCUT2D eigenvalue weighted by Gasteiger charge is -2.43. The van der Waals surface area contributed by atoms with Gasteiger partial charge in [0.1, 0.15) is 0 Å². The first-order chi connectivity index (χ1) is 13.4. The quantitative estimate of drug-likeness (QED) is 0.292. The summed E-state index contributed by atoms with van der Waals surface area (Å²) < 4.78 is 212. The molecule has 0 rings (SSSR count). The number of amides is 1. The molecule has 0 aromatic carbocycles. The van der Waals surface area contributed by atoms with Crippen molar-refractivity contribution in [2.75, 3.05) is 0 Å². The van der Waals surface area contributed by atoms with Crippen LogP contribution in [0.15, 0.2) is 0 Å². The van der Waals surface area contributed by atoms with Gasteiger partial charge in [0, 0.05) is 5.54 Å². The highest BCUT2D eigenvalue weighted by Gasteiger charge is 2.95. The molecule has 0 fully saturated rings. The van der Waals surface area contributed by atoms with Gasteiger partial charge in [-0.15, -0.1) is 0 Å². The van der Waals surface area contributed by atoms with E-state index < -0.39 is 58.3 Å². The van der Waals surface area contributed by atoms with E-state index in [-0.39, 0.29) is 0 Å². The molecule has 2 nitrogen and oxygen atoms in total. The van der Waals surface area contributed by atoms with E-state index in [0.717, 1.165) is 26.1 Å². The zero-order valence-corrected chi connectivity index (χ0v) is 16.1. The van der Waals surface area contributed by atoms with Crippen LogP contribution in [0.25, 0.3) is 0 Å². The van der Waals surface area contributed by atoms with Gasteiger partial charge in [0.05, 0.1) is 0 Å². The fourth-order valence-electron chi connectivity index (χ4n) is 1.73. The van der Waals surface area contributed by atoms with Crippen LogP contribution in [0.5, 0.6) is 0 Å². The van der Waals surface area contributed by atoms with E-state index in [1.807, 2.05) is 0 Å².